The number of nitrogens with two attached hydrogens (primary N) is 1. The van der Waals surface area contributed by atoms with Crippen molar-refractivity contribution < 1.29 is 4.42 Å². The van der Waals surface area contributed by atoms with E-state index in [2.05, 4.69) is 37.7 Å². The molecule has 0 bridgehead atoms. The lowest BCUT2D eigenvalue weighted by Crippen LogP contribution is -2.37. The first kappa shape index (κ1) is 14.5. The highest BCUT2D eigenvalue weighted by atomic mass is 16.4. The minimum absolute atomic E-state index is 0.0248. The van der Waals surface area contributed by atoms with Gasteiger partial charge in [-0.3, -0.25) is 4.90 Å². The van der Waals surface area contributed by atoms with E-state index < -0.39 is 0 Å². The van der Waals surface area contributed by atoms with E-state index in [9.17, 15) is 0 Å². The Morgan fingerprint density at radius 3 is 2.74 bits per heavy atom. The van der Waals surface area contributed by atoms with Gasteiger partial charge in [0.05, 0.1) is 12.7 Å². The van der Waals surface area contributed by atoms with Gasteiger partial charge in [0.2, 0.25) is 5.89 Å². The standard InChI is InChI=1S/C15H27N3O/c1-15(2,3)13-9-17-14(19-13)10-18(4)12-7-5-6-11(12)8-16/h9,11-12H,5-8,10,16H2,1-4H3. The molecule has 1 saturated carbocycles. The molecule has 1 aromatic heterocycles. The zero-order valence-corrected chi connectivity index (χ0v) is 12.6. The second kappa shape index (κ2) is 5.63. The van der Waals surface area contributed by atoms with Crippen LogP contribution in [0.15, 0.2) is 10.6 Å². The quantitative estimate of drug-likeness (QED) is 0.909. The first-order chi connectivity index (χ1) is 8.91. The molecular formula is C15H27N3O. The van der Waals surface area contributed by atoms with Crippen LogP contribution in [0.5, 0.6) is 0 Å². The zero-order chi connectivity index (χ0) is 14.0. The summed E-state index contributed by atoms with van der Waals surface area (Å²) >= 11 is 0. The lowest BCUT2D eigenvalue weighted by molar-refractivity contribution is 0.174. The van der Waals surface area contributed by atoms with E-state index in [1.54, 1.807) is 0 Å². The molecule has 1 heterocycles. The van der Waals surface area contributed by atoms with Gasteiger partial charge >= 0.3 is 0 Å². The van der Waals surface area contributed by atoms with E-state index in [0.29, 0.717) is 12.0 Å². The number of hydrogen-bond acceptors (Lipinski definition) is 4. The van der Waals surface area contributed by atoms with Crippen molar-refractivity contribution in [1.29, 1.82) is 0 Å². The summed E-state index contributed by atoms with van der Waals surface area (Å²) in [5.74, 6) is 2.40. The smallest absolute Gasteiger partial charge is 0.208 e. The molecule has 0 amide bonds. The fourth-order valence-corrected chi connectivity index (χ4v) is 2.93. The third kappa shape index (κ3) is 3.37. The van der Waals surface area contributed by atoms with E-state index in [1.165, 1.54) is 19.3 Å². The Bertz CT molecular complexity index is 408. The van der Waals surface area contributed by atoms with Gasteiger partial charge < -0.3 is 10.2 Å². The SMILES string of the molecule is CN(Cc1ncc(C(C)(C)C)o1)C1CCCC1CN. The zero-order valence-electron chi connectivity index (χ0n) is 12.6. The van der Waals surface area contributed by atoms with E-state index in [1.807, 2.05) is 6.20 Å². The molecule has 2 N–H and O–H groups in total. The van der Waals surface area contributed by atoms with Gasteiger partial charge in [0.1, 0.15) is 5.76 Å². The Kier molecular flexibility index (Phi) is 4.31. The van der Waals surface area contributed by atoms with Crippen LogP contribution < -0.4 is 5.73 Å². The van der Waals surface area contributed by atoms with E-state index in [4.69, 9.17) is 10.2 Å². The highest BCUT2D eigenvalue weighted by Crippen LogP contribution is 2.30. The fraction of sp³-hybridized carbons (Fsp3) is 0.800. The van der Waals surface area contributed by atoms with E-state index in [-0.39, 0.29) is 5.41 Å². The van der Waals surface area contributed by atoms with Crippen molar-refractivity contribution in [2.24, 2.45) is 11.7 Å². The van der Waals surface area contributed by atoms with Crippen LogP contribution in [0, 0.1) is 5.92 Å². The van der Waals surface area contributed by atoms with Crippen LogP contribution in [0.2, 0.25) is 0 Å². The van der Waals surface area contributed by atoms with Crippen molar-refractivity contribution in [2.75, 3.05) is 13.6 Å². The number of oxazole rings is 1. The minimum atomic E-state index is 0.0248. The molecule has 0 radical (unpaired) electrons. The summed E-state index contributed by atoms with van der Waals surface area (Å²) < 4.78 is 5.86. The van der Waals surface area contributed by atoms with Gasteiger partial charge in [-0.2, -0.15) is 0 Å². The Morgan fingerprint density at radius 2 is 2.16 bits per heavy atom. The molecule has 0 aromatic carbocycles. The molecule has 1 fully saturated rings. The highest BCUT2D eigenvalue weighted by molar-refractivity contribution is 5.06. The summed E-state index contributed by atoms with van der Waals surface area (Å²) in [6.45, 7) is 7.98. The van der Waals surface area contributed by atoms with Crippen LogP contribution in [0.4, 0.5) is 0 Å². The summed E-state index contributed by atoms with van der Waals surface area (Å²) in [6, 6.07) is 0.579. The summed E-state index contributed by atoms with van der Waals surface area (Å²) in [5.41, 5.74) is 5.88. The number of rotatable bonds is 4. The first-order valence-electron chi connectivity index (χ1n) is 7.27. The lowest BCUT2D eigenvalue weighted by Gasteiger charge is -2.27. The Morgan fingerprint density at radius 1 is 1.42 bits per heavy atom. The summed E-state index contributed by atoms with van der Waals surface area (Å²) in [5, 5.41) is 0. The van der Waals surface area contributed by atoms with Crippen LogP contribution in [0.25, 0.3) is 0 Å². The molecule has 19 heavy (non-hydrogen) atoms. The second-order valence-electron chi connectivity index (χ2n) is 6.78. The summed E-state index contributed by atoms with van der Waals surface area (Å²) in [4.78, 5) is 6.76. The summed E-state index contributed by atoms with van der Waals surface area (Å²) in [6.07, 6.45) is 5.64. The minimum Gasteiger partial charge on any atom is -0.444 e. The first-order valence-corrected chi connectivity index (χ1v) is 7.27. The fourth-order valence-electron chi connectivity index (χ4n) is 2.93. The Balaban J connectivity index is 1.99. The molecule has 1 aliphatic carbocycles. The third-order valence-electron chi connectivity index (χ3n) is 4.17. The van der Waals surface area contributed by atoms with Crippen LogP contribution in [-0.4, -0.2) is 29.5 Å². The van der Waals surface area contributed by atoms with E-state index >= 15 is 0 Å². The van der Waals surface area contributed by atoms with Crippen molar-refractivity contribution >= 4 is 0 Å². The van der Waals surface area contributed by atoms with Crippen molar-refractivity contribution in [3.05, 3.63) is 17.8 Å². The molecule has 108 valence electrons. The summed E-state index contributed by atoms with van der Waals surface area (Å²) in [7, 11) is 2.15. The molecule has 0 aliphatic heterocycles. The predicted molar refractivity (Wildman–Crippen MR) is 76.9 cm³/mol. The van der Waals surface area contributed by atoms with Gasteiger partial charge in [0.15, 0.2) is 0 Å². The molecular weight excluding hydrogens is 238 g/mol. The van der Waals surface area contributed by atoms with Crippen LogP contribution in [0.3, 0.4) is 0 Å². The van der Waals surface area contributed by atoms with Gasteiger partial charge in [0, 0.05) is 11.5 Å². The van der Waals surface area contributed by atoms with Crippen molar-refractivity contribution in [2.45, 2.75) is 58.0 Å². The molecule has 0 saturated heterocycles. The van der Waals surface area contributed by atoms with Gasteiger partial charge in [0.25, 0.3) is 0 Å². The van der Waals surface area contributed by atoms with Crippen LogP contribution in [-0.2, 0) is 12.0 Å². The van der Waals surface area contributed by atoms with Gasteiger partial charge in [-0.25, -0.2) is 4.98 Å². The van der Waals surface area contributed by atoms with Gasteiger partial charge in [-0.1, -0.05) is 27.2 Å². The predicted octanol–water partition coefficient (Wildman–Crippen LogP) is 2.53. The normalized spacial score (nSPS) is 24.3. The van der Waals surface area contributed by atoms with Crippen molar-refractivity contribution in [1.82, 2.24) is 9.88 Å². The Labute approximate surface area is 116 Å². The van der Waals surface area contributed by atoms with Crippen molar-refractivity contribution in [3.63, 3.8) is 0 Å². The largest absolute Gasteiger partial charge is 0.444 e. The second-order valence-corrected chi connectivity index (χ2v) is 6.78. The van der Waals surface area contributed by atoms with Gasteiger partial charge in [-0.05, 0) is 32.4 Å². The Hall–Kier alpha value is -0.870. The molecule has 2 rings (SSSR count). The molecule has 1 aromatic rings. The number of nitrogens with zero attached hydrogens (tertiary/aromatic N) is 2. The third-order valence-corrected chi connectivity index (χ3v) is 4.17. The molecule has 4 nitrogen and oxygen atoms in total. The average Bonchev–Trinajstić information content (AvgIpc) is 2.95. The topological polar surface area (TPSA) is 55.3 Å². The maximum atomic E-state index is 5.86. The molecule has 0 spiro atoms. The van der Waals surface area contributed by atoms with Crippen LogP contribution >= 0.6 is 0 Å². The van der Waals surface area contributed by atoms with Gasteiger partial charge in [-0.15, -0.1) is 0 Å². The molecule has 4 heteroatoms. The van der Waals surface area contributed by atoms with Crippen molar-refractivity contribution in [3.8, 4) is 0 Å². The maximum absolute atomic E-state index is 5.86. The van der Waals surface area contributed by atoms with Crippen LogP contribution in [0.1, 0.15) is 51.7 Å². The average molecular weight is 265 g/mol. The molecule has 2 unspecified atom stereocenters. The monoisotopic (exact) mass is 265 g/mol. The lowest BCUT2D eigenvalue weighted by atomic mass is 9.94. The number of hydrogen-bond donors (Lipinski definition) is 1. The number of aromatic nitrogens is 1. The maximum Gasteiger partial charge on any atom is 0.208 e. The molecule has 1 aliphatic rings. The molecule has 2 atom stereocenters. The highest BCUT2D eigenvalue weighted by Gasteiger charge is 2.30. The van der Waals surface area contributed by atoms with E-state index in [0.717, 1.165) is 24.7 Å².